The van der Waals surface area contributed by atoms with Crippen molar-refractivity contribution in [2.75, 3.05) is 25.0 Å². The fourth-order valence-corrected chi connectivity index (χ4v) is 3.02. The molecule has 1 amide bonds. The molecule has 0 aliphatic heterocycles. The van der Waals surface area contributed by atoms with Crippen LogP contribution in [0.25, 0.3) is 0 Å². The van der Waals surface area contributed by atoms with E-state index in [0.717, 1.165) is 29.2 Å². The SMILES string of the molecule is Cc1cc(C)n(Cc2ccc(C(=O)NCCN(C)c3ccccc3)cc2)n1. The van der Waals surface area contributed by atoms with Crippen molar-refractivity contribution >= 4 is 11.6 Å². The molecule has 140 valence electrons. The van der Waals surface area contributed by atoms with Gasteiger partial charge in [0.05, 0.1) is 12.2 Å². The summed E-state index contributed by atoms with van der Waals surface area (Å²) >= 11 is 0. The summed E-state index contributed by atoms with van der Waals surface area (Å²) in [6, 6.07) is 19.9. The zero-order valence-electron chi connectivity index (χ0n) is 16.1. The normalized spacial score (nSPS) is 10.6. The maximum absolute atomic E-state index is 12.3. The van der Waals surface area contributed by atoms with Crippen LogP contribution in [0.4, 0.5) is 5.69 Å². The van der Waals surface area contributed by atoms with E-state index in [9.17, 15) is 4.79 Å². The van der Waals surface area contributed by atoms with Gasteiger partial charge in [-0.2, -0.15) is 5.10 Å². The largest absolute Gasteiger partial charge is 0.373 e. The molecule has 0 aliphatic rings. The lowest BCUT2D eigenvalue weighted by Gasteiger charge is -2.19. The minimum atomic E-state index is -0.0471. The highest BCUT2D eigenvalue weighted by Crippen LogP contribution is 2.11. The number of carbonyl (C=O) groups excluding carboxylic acids is 1. The van der Waals surface area contributed by atoms with Crippen LogP contribution in [0.5, 0.6) is 0 Å². The molecular formula is C22H26N4O. The van der Waals surface area contributed by atoms with Gasteiger partial charge in [-0.1, -0.05) is 30.3 Å². The first kappa shape index (κ1) is 18.7. The first-order valence-corrected chi connectivity index (χ1v) is 9.17. The summed E-state index contributed by atoms with van der Waals surface area (Å²) in [6.45, 7) is 6.10. The summed E-state index contributed by atoms with van der Waals surface area (Å²) in [5, 5.41) is 7.46. The summed E-state index contributed by atoms with van der Waals surface area (Å²) in [7, 11) is 2.02. The van der Waals surface area contributed by atoms with Gasteiger partial charge in [-0.05, 0) is 49.7 Å². The molecule has 27 heavy (non-hydrogen) atoms. The number of carbonyl (C=O) groups is 1. The Morgan fingerprint density at radius 2 is 1.78 bits per heavy atom. The summed E-state index contributed by atoms with van der Waals surface area (Å²) < 4.78 is 1.98. The third kappa shape index (κ3) is 4.97. The Balaban J connectivity index is 1.51. The van der Waals surface area contributed by atoms with Crippen LogP contribution in [-0.4, -0.2) is 35.8 Å². The Bertz CT molecular complexity index is 884. The summed E-state index contributed by atoms with van der Waals surface area (Å²) in [4.78, 5) is 14.5. The minimum Gasteiger partial charge on any atom is -0.373 e. The van der Waals surface area contributed by atoms with Crippen molar-refractivity contribution in [3.05, 3.63) is 83.2 Å². The molecule has 2 aromatic carbocycles. The highest BCUT2D eigenvalue weighted by molar-refractivity contribution is 5.94. The van der Waals surface area contributed by atoms with Gasteiger partial charge in [0.15, 0.2) is 0 Å². The number of hydrogen-bond donors (Lipinski definition) is 1. The van der Waals surface area contributed by atoms with Gasteiger partial charge < -0.3 is 10.2 Å². The van der Waals surface area contributed by atoms with Gasteiger partial charge in [0, 0.05) is 37.1 Å². The molecule has 0 bridgehead atoms. The number of aromatic nitrogens is 2. The van der Waals surface area contributed by atoms with E-state index in [1.54, 1.807) is 0 Å². The third-order valence-corrected chi connectivity index (χ3v) is 4.58. The van der Waals surface area contributed by atoms with Crippen molar-refractivity contribution in [2.24, 2.45) is 0 Å². The van der Waals surface area contributed by atoms with Gasteiger partial charge in [0.1, 0.15) is 0 Å². The second kappa shape index (κ2) is 8.54. The van der Waals surface area contributed by atoms with E-state index in [0.29, 0.717) is 18.7 Å². The molecule has 1 aromatic heterocycles. The lowest BCUT2D eigenvalue weighted by atomic mass is 10.1. The molecule has 0 atom stereocenters. The highest BCUT2D eigenvalue weighted by atomic mass is 16.1. The van der Waals surface area contributed by atoms with Crippen molar-refractivity contribution in [2.45, 2.75) is 20.4 Å². The summed E-state index contributed by atoms with van der Waals surface area (Å²) in [5.41, 5.74) is 5.09. The smallest absolute Gasteiger partial charge is 0.251 e. The number of likely N-dealkylation sites (N-methyl/N-ethyl adjacent to an activating group) is 1. The van der Waals surface area contributed by atoms with Crippen molar-refractivity contribution in [1.29, 1.82) is 0 Å². The molecule has 0 unspecified atom stereocenters. The number of aryl methyl sites for hydroxylation is 2. The van der Waals surface area contributed by atoms with Crippen molar-refractivity contribution in [3.63, 3.8) is 0 Å². The first-order chi connectivity index (χ1) is 13.0. The van der Waals surface area contributed by atoms with Gasteiger partial charge in [-0.15, -0.1) is 0 Å². The van der Waals surface area contributed by atoms with Gasteiger partial charge in [-0.25, -0.2) is 0 Å². The molecule has 5 nitrogen and oxygen atoms in total. The van der Waals surface area contributed by atoms with Crippen LogP contribution in [0.15, 0.2) is 60.7 Å². The van der Waals surface area contributed by atoms with E-state index in [1.165, 1.54) is 0 Å². The highest BCUT2D eigenvalue weighted by Gasteiger charge is 2.07. The quantitative estimate of drug-likeness (QED) is 0.701. The molecule has 0 fully saturated rings. The number of hydrogen-bond acceptors (Lipinski definition) is 3. The predicted molar refractivity (Wildman–Crippen MR) is 109 cm³/mol. The van der Waals surface area contributed by atoms with E-state index in [2.05, 4.69) is 33.5 Å². The molecule has 0 aliphatic carbocycles. The number of nitrogens with one attached hydrogen (secondary N) is 1. The average Bonchev–Trinajstić information content (AvgIpc) is 2.99. The topological polar surface area (TPSA) is 50.2 Å². The Labute approximate surface area is 160 Å². The Morgan fingerprint density at radius 3 is 2.41 bits per heavy atom. The summed E-state index contributed by atoms with van der Waals surface area (Å²) in [5.74, 6) is -0.0471. The van der Waals surface area contributed by atoms with Gasteiger partial charge in [0.25, 0.3) is 5.91 Å². The second-order valence-corrected chi connectivity index (χ2v) is 6.79. The maximum Gasteiger partial charge on any atom is 0.251 e. The first-order valence-electron chi connectivity index (χ1n) is 9.17. The van der Waals surface area contributed by atoms with Crippen LogP contribution in [0.2, 0.25) is 0 Å². The Hall–Kier alpha value is -3.08. The predicted octanol–water partition coefficient (Wildman–Crippen LogP) is 3.41. The van der Waals surface area contributed by atoms with Crippen LogP contribution in [0.1, 0.15) is 27.3 Å². The van der Waals surface area contributed by atoms with Crippen LogP contribution in [-0.2, 0) is 6.54 Å². The summed E-state index contributed by atoms with van der Waals surface area (Å²) in [6.07, 6.45) is 0. The van der Waals surface area contributed by atoms with E-state index in [4.69, 9.17) is 0 Å². The number of benzene rings is 2. The molecule has 0 saturated carbocycles. The van der Waals surface area contributed by atoms with Crippen LogP contribution in [0, 0.1) is 13.8 Å². The van der Waals surface area contributed by atoms with E-state index in [1.807, 2.05) is 68.0 Å². The molecular weight excluding hydrogens is 336 g/mol. The van der Waals surface area contributed by atoms with E-state index in [-0.39, 0.29) is 5.91 Å². The lowest BCUT2D eigenvalue weighted by Crippen LogP contribution is -2.32. The lowest BCUT2D eigenvalue weighted by molar-refractivity contribution is 0.0954. The van der Waals surface area contributed by atoms with E-state index >= 15 is 0 Å². The fourth-order valence-electron chi connectivity index (χ4n) is 3.02. The number of rotatable bonds is 7. The minimum absolute atomic E-state index is 0.0471. The molecule has 5 heteroatoms. The number of amides is 1. The molecule has 0 spiro atoms. The van der Waals surface area contributed by atoms with Gasteiger partial charge >= 0.3 is 0 Å². The fraction of sp³-hybridized carbons (Fsp3) is 0.273. The molecule has 0 saturated heterocycles. The Morgan fingerprint density at radius 1 is 1.07 bits per heavy atom. The standard InChI is InChI=1S/C22H26N4O/c1-17-15-18(2)26(24-17)16-19-9-11-20(12-10-19)22(27)23-13-14-25(3)21-7-5-4-6-8-21/h4-12,15H,13-14,16H2,1-3H3,(H,23,27). The molecule has 0 radical (unpaired) electrons. The Kier molecular flexibility index (Phi) is 5.91. The van der Waals surface area contributed by atoms with Crippen LogP contribution >= 0.6 is 0 Å². The number of para-hydroxylation sites is 1. The molecule has 3 aromatic rings. The van der Waals surface area contributed by atoms with Crippen molar-refractivity contribution in [3.8, 4) is 0 Å². The number of anilines is 1. The maximum atomic E-state index is 12.3. The molecule has 1 heterocycles. The van der Waals surface area contributed by atoms with Crippen molar-refractivity contribution in [1.82, 2.24) is 15.1 Å². The second-order valence-electron chi connectivity index (χ2n) is 6.79. The monoisotopic (exact) mass is 362 g/mol. The van der Waals surface area contributed by atoms with E-state index < -0.39 is 0 Å². The number of nitrogens with zero attached hydrogens (tertiary/aromatic N) is 3. The van der Waals surface area contributed by atoms with Crippen molar-refractivity contribution < 1.29 is 4.79 Å². The zero-order chi connectivity index (χ0) is 19.2. The van der Waals surface area contributed by atoms with Crippen LogP contribution < -0.4 is 10.2 Å². The zero-order valence-corrected chi connectivity index (χ0v) is 16.1. The van der Waals surface area contributed by atoms with Gasteiger partial charge in [0.2, 0.25) is 0 Å². The average molecular weight is 362 g/mol. The van der Waals surface area contributed by atoms with Gasteiger partial charge in [-0.3, -0.25) is 9.48 Å². The third-order valence-electron chi connectivity index (χ3n) is 4.58. The molecule has 1 N–H and O–H groups in total. The molecule has 3 rings (SSSR count). The van der Waals surface area contributed by atoms with Crippen LogP contribution in [0.3, 0.4) is 0 Å².